The molecule has 1 N–H and O–H groups in total. The van der Waals surface area contributed by atoms with Crippen LogP contribution in [0.5, 0.6) is 5.75 Å². The molecule has 0 bridgehead atoms. The molecule has 0 spiro atoms. The Balaban J connectivity index is 2.01. The molecule has 1 heterocycles. The Labute approximate surface area is 118 Å². The van der Waals surface area contributed by atoms with E-state index in [2.05, 4.69) is 0 Å². The van der Waals surface area contributed by atoms with Gasteiger partial charge in [-0.15, -0.1) is 0 Å². The molecule has 0 aliphatic carbocycles. The average molecular weight is 277 g/mol. The van der Waals surface area contributed by atoms with Crippen LogP contribution >= 0.6 is 0 Å². The molecule has 2 atom stereocenters. The monoisotopic (exact) mass is 277 g/mol. The van der Waals surface area contributed by atoms with E-state index < -0.39 is 18.1 Å². The van der Waals surface area contributed by atoms with Crippen LogP contribution in [-0.4, -0.2) is 40.6 Å². The van der Waals surface area contributed by atoms with Crippen molar-refractivity contribution in [3.8, 4) is 5.75 Å². The molecular weight excluding hydrogens is 258 g/mol. The Morgan fingerprint density at radius 2 is 2.00 bits per heavy atom. The highest BCUT2D eigenvalue weighted by Crippen LogP contribution is 2.20. The number of carboxylic acids is 1. The Morgan fingerprint density at radius 1 is 1.35 bits per heavy atom. The Hall–Kier alpha value is -2.04. The number of hydrogen-bond acceptors (Lipinski definition) is 3. The SMILES string of the molecule is Cc1ccc(OC(C)C(=O)N2CCCC2C(=O)O)cc1. The second-order valence-electron chi connectivity index (χ2n) is 5.10. The summed E-state index contributed by atoms with van der Waals surface area (Å²) in [7, 11) is 0. The van der Waals surface area contributed by atoms with Crippen LogP contribution in [0.15, 0.2) is 24.3 Å². The van der Waals surface area contributed by atoms with Crippen molar-refractivity contribution < 1.29 is 19.4 Å². The van der Waals surface area contributed by atoms with Crippen molar-refractivity contribution in [1.29, 1.82) is 0 Å². The predicted molar refractivity (Wildman–Crippen MR) is 73.6 cm³/mol. The third-order valence-electron chi connectivity index (χ3n) is 3.50. The first-order chi connectivity index (χ1) is 9.49. The molecule has 1 fully saturated rings. The number of aryl methyl sites for hydroxylation is 1. The molecule has 1 amide bonds. The lowest BCUT2D eigenvalue weighted by atomic mass is 10.2. The standard InChI is InChI=1S/C15H19NO4/c1-10-5-7-12(8-6-10)20-11(2)14(17)16-9-3-4-13(16)15(18)19/h5-8,11,13H,3-4,9H2,1-2H3,(H,18,19). The largest absolute Gasteiger partial charge is 0.481 e. The van der Waals surface area contributed by atoms with Gasteiger partial charge in [0.1, 0.15) is 11.8 Å². The van der Waals surface area contributed by atoms with Crippen molar-refractivity contribution in [2.75, 3.05) is 6.54 Å². The van der Waals surface area contributed by atoms with Gasteiger partial charge in [-0.3, -0.25) is 4.79 Å². The third-order valence-corrected chi connectivity index (χ3v) is 3.50. The van der Waals surface area contributed by atoms with Gasteiger partial charge in [0.15, 0.2) is 6.10 Å². The summed E-state index contributed by atoms with van der Waals surface area (Å²) < 4.78 is 5.59. The first-order valence-corrected chi connectivity index (χ1v) is 6.75. The fraction of sp³-hybridized carbons (Fsp3) is 0.467. The molecule has 1 aliphatic heterocycles. The molecule has 0 saturated carbocycles. The van der Waals surface area contributed by atoms with E-state index in [-0.39, 0.29) is 5.91 Å². The number of carbonyl (C=O) groups is 2. The highest BCUT2D eigenvalue weighted by molar-refractivity contribution is 5.87. The minimum absolute atomic E-state index is 0.268. The zero-order valence-corrected chi connectivity index (χ0v) is 11.7. The second-order valence-corrected chi connectivity index (χ2v) is 5.10. The number of hydrogen-bond donors (Lipinski definition) is 1. The quantitative estimate of drug-likeness (QED) is 0.912. The molecule has 1 aromatic rings. The lowest BCUT2D eigenvalue weighted by Crippen LogP contribution is -2.46. The molecule has 1 aliphatic rings. The van der Waals surface area contributed by atoms with Crippen LogP contribution in [0, 0.1) is 6.92 Å². The second kappa shape index (κ2) is 5.94. The summed E-state index contributed by atoms with van der Waals surface area (Å²) in [6.45, 7) is 4.11. The van der Waals surface area contributed by atoms with Gasteiger partial charge in [0.25, 0.3) is 5.91 Å². The van der Waals surface area contributed by atoms with E-state index in [9.17, 15) is 9.59 Å². The smallest absolute Gasteiger partial charge is 0.326 e. The minimum Gasteiger partial charge on any atom is -0.481 e. The maximum atomic E-state index is 12.3. The fourth-order valence-electron chi connectivity index (χ4n) is 2.39. The van der Waals surface area contributed by atoms with Crippen molar-refractivity contribution in [2.45, 2.75) is 38.8 Å². The Morgan fingerprint density at radius 3 is 2.60 bits per heavy atom. The number of carbonyl (C=O) groups excluding carboxylic acids is 1. The molecule has 1 aromatic carbocycles. The predicted octanol–water partition coefficient (Wildman–Crippen LogP) is 1.84. The summed E-state index contributed by atoms with van der Waals surface area (Å²) in [6, 6.07) is 6.70. The van der Waals surface area contributed by atoms with E-state index >= 15 is 0 Å². The summed E-state index contributed by atoms with van der Waals surface area (Å²) in [4.78, 5) is 24.8. The van der Waals surface area contributed by atoms with Gasteiger partial charge in [-0.05, 0) is 38.8 Å². The van der Waals surface area contributed by atoms with Crippen LogP contribution < -0.4 is 4.74 Å². The van der Waals surface area contributed by atoms with Gasteiger partial charge in [0, 0.05) is 6.54 Å². The van der Waals surface area contributed by atoms with Crippen LogP contribution in [0.1, 0.15) is 25.3 Å². The van der Waals surface area contributed by atoms with Gasteiger partial charge in [0.2, 0.25) is 0 Å². The first kappa shape index (κ1) is 14.4. The Kier molecular flexibility index (Phi) is 4.27. The molecule has 5 nitrogen and oxygen atoms in total. The number of nitrogens with zero attached hydrogens (tertiary/aromatic N) is 1. The summed E-state index contributed by atoms with van der Waals surface area (Å²) >= 11 is 0. The third kappa shape index (κ3) is 3.10. The van der Waals surface area contributed by atoms with Crippen LogP contribution in [0.3, 0.4) is 0 Å². The zero-order valence-electron chi connectivity index (χ0n) is 11.7. The van der Waals surface area contributed by atoms with Crippen LogP contribution in [0.25, 0.3) is 0 Å². The van der Waals surface area contributed by atoms with Crippen LogP contribution in [-0.2, 0) is 9.59 Å². The fourth-order valence-corrected chi connectivity index (χ4v) is 2.39. The van der Waals surface area contributed by atoms with E-state index in [1.165, 1.54) is 4.90 Å². The molecular formula is C15H19NO4. The molecule has 2 unspecified atom stereocenters. The zero-order chi connectivity index (χ0) is 14.7. The number of carboxylic acid groups (broad SMARTS) is 1. The molecule has 1 saturated heterocycles. The van der Waals surface area contributed by atoms with Gasteiger partial charge in [-0.25, -0.2) is 4.79 Å². The van der Waals surface area contributed by atoms with Crippen molar-refractivity contribution in [2.24, 2.45) is 0 Å². The molecule has 0 radical (unpaired) electrons. The maximum Gasteiger partial charge on any atom is 0.326 e. The molecule has 0 aromatic heterocycles. The van der Waals surface area contributed by atoms with E-state index in [1.807, 2.05) is 19.1 Å². The van der Waals surface area contributed by atoms with Gasteiger partial charge >= 0.3 is 5.97 Å². The number of ether oxygens (including phenoxy) is 1. The molecule has 2 rings (SSSR count). The Bertz CT molecular complexity index is 497. The normalized spacial score (nSPS) is 19.7. The average Bonchev–Trinajstić information content (AvgIpc) is 2.90. The van der Waals surface area contributed by atoms with Gasteiger partial charge in [0.05, 0.1) is 0 Å². The number of rotatable bonds is 4. The van der Waals surface area contributed by atoms with Crippen LogP contribution in [0.4, 0.5) is 0 Å². The molecule has 20 heavy (non-hydrogen) atoms. The summed E-state index contributed by atoms with van der Waals surface area (Å²) in [5, 5.41) is 9.10. The van der Waals surface area contributed by atoms with Crippen molar-refractivity contribution in [3.05, 3.63) is 29.8 Å². The molecule has 5 heteroatoms. The van der Waals surface area contributed by atoms with Crippen LogP contribution in [0.2, 0.25) is 0 Å². The molecule has 108 valence electrons. The number of amides is 1. The lowest BCUT2D eigenvalue weighted by Gasteiger charge is -2.25. The van der Waals surface area contributed by atoms with Gasteiger partial charge < -0.3 is 14.7 Å². The summed E-state index contributed by atoms with van der Waals surface area (Å²) in [5.74, 6) is -0.601. The topological polar surface area (TPSA) is 66.8 Å². The van der Waals surface area contributed by atoms with E-state index in [4.69, 9.17) is 9.84 Å². The van der Waals surface area contributed by atoms with Crippen molar-refractivity contribution in [1.82, 2.24) is 4.90 Å². The minimum atomic E-state index is -0.946. The van der Waals surface area contributed by atoms with Crippen molar-refractivity contribution >= 4 is 11.9 Å². The van der Waals surface area contributed by atoms with Crippen molar-refractivity contribution in [3.63, 3.8) is 0 Å². The highest BCUT2D eigenvalue weighted by atomic mass is 16.5. The number of aliphatic carboxylic acids is 1. The number of likely N-dealkylation sites (tertiary alicyclic amines) is 1. The summed E-state index contributed by atoms with van der Waals surface area (Å²) in [5.41, 5.74) is 1.11. The maximum absolute atomic E-state index is 12.3. The van der Waals surface area contributed by atoms with Gasteiger partial charge in [-0.1, -0.05) is 17.7 Å². The van der Waals surface area contributed by atoms with E-state index in [0.717, 1.165) is 12.0 Å². The van der Waals surface area contributed by atoms with Gasteiger partial charge in [-0.2, -0.15) is 0 Å². The first-order valence-electron chi connectivity index (χ1n) is 6.75. The van der Waals surface area contributed by atoms with E-state index in [0.29, 0.717) is 18.7 Å². The number of benzene rings is 1. The van der Waals surface area contributed by atoms with E-state index in [1.54, 1.807) is 19.1 Å². The summed E-state index contributed by atoms with van der Waals surface area (Å²) in [6.07, 6.45) is 0.552. The lowest BCUT2D eigenvalue weighted by molar-refractivity contribution is -0.150. The highest BCUT2D eigenvalue weighted by Gasteiger charge is 2.36.